The summed E-state index contributed by atoms with van der Waals surface area (Å²) in [6, 6.07) is 7.64. The molecule has 0 N–H and O–H groups in total. The van der Waals surface area contributed by atoms with E-state index in [4.69, 9.17) is 11.6 Å². The van der Waals surface area contributed by atoms with Gasteiger partial charge in [0, 0.05) is 10.4 Å². The lowest BCUT2D eigenvalue weighted by Gasteiger charge is -2.08. The Hall–Kier alpha value is -0.820. The minimum absolute atomic E-state index is 0.0284. The molecular formula is C11H10ClF. The van der Waals surface area contributed by atoms with E-state index in [1.165, 1.54) is 0 Å². The fourth-order valence-corrected chi connectivity index (χ4v) is 1.71. The van der Waals surface area contributed by atoms with Crippen LogP contribution in [0.15, 0.2) is 36.7 Å². The van der Waals surface area contributed by atoms with Gasteiger partial charge in [-0.3, -0.25) is 0 Å². The first-order chi connectivity index (χ1) is 6.27. The topological polar surface area (TPSA) is 0 Å². The highest BCUT2D eigenvalue weighted by Crippen LogP contribution is 2.49. The Morgan fingerprint density at radius 1 is 1.23 bits per heavy atom. The SMILES string of the molecule is F/C=C\C1(c2ccc(Cl)cc2)CC1. The number of rotatable bonds is 2. The molecule has 0 amide bonds. The van der Waals surface area contributed by atoms with Crippen LogP contribution < -0.4 is 0 Å². The lowest BCUT2D eigenvalue weighted by molar-refractivity contribution is 0.702. The number of allylic oxidation sites excluding steroid dienone is 1. The second-order valence-corrected chi connectivity index (χ2v) is 3.89. The zero-order valence-corrected chi connectivity index (χ0v) is 7.89. The molecule has 0 radical (unpaired) electrons. The Bertz CT molecular complexity index is 322. The molecule has 0 atom stereocenters. The molecule has 2 rings (SSSR count). The third-order valence-electron chi connectivity index (χ3n) is 2.59. The van der Waals surface area contributed by atoms with E-state index in [0.717, 1.165) is 23.4 Å². The third kappa shape index (κ3) is 1.61. The van der Waals surface area contributed by atoms with Crippen molar-refractivity contribution in [3.05, 3.63) is 47.3 Å². The maximum Gasteiger partial charge on any atom is 0.0836 e. The van der Waals surface area contributed by atoms with Crippen LogP contribution >= 0.6 is 11.6 Å². The van der Waals surface area contributed by atoms with Crippen LogP contribution in [0.2, 0.25) is 5.02 Å². The van der Waals surface area contributed by atoms with Crippen molar-refractivity contribution in [1.82, 2.24) is 0 Å². The molecule has 0 aromatic heterocycles. The van der Waals surface area contributed by atoms with Crippen molar-refractivity contribution in [2.24, 2.45) is 0 Å². The lowest BCUT2D eigenvalue weighted by Crippen LogP contribution is -2.00. The van der Waals surface area contributed by atoms with Gasteiger partial charge in [0.2, 0.25) is 0 Å². The van der Waals surface area contributed by atoms with Crippen LogP contribution in [0.3, 0.4) is 0 Å². The molecule has 1 aliphatic rings. The highest BCUT2D eigenvalue weighted by Gasteiger charge is 2.41. The first kappa shape index (κ1) is 8.76. The molecule has 68 valence electrons. The molecule has 2 heteroatoms. The van der Waals surface area contributed by atoms with Gasteiger partial charge in [-0.05, 0) is 36.6 Å². The van der Waals surface area contributed by atoms with E-state index in [1.54, 1.807) is 6.08 Å². The summed E-state index contributed by atoms with van der Waals surface area (Å²) in [6.45, 7) is 0. The Morgan fingerprint density at radius 2 is 1.85 bits per heavy atom. The predicted octanol–water partition coefficient (Wildman–Crippen LogP) is 3.85. The van der Waals surface area contributed by atoms with Crippen LogP contribution in [0.25, 0.3) is 0 Å². The van der Waals surface area contributed by atoms with E-state index in [9.17, 15) is 4.39 Å². The molecule has 1 aromatic carbocycles. The molecule has 1 saturated carbocycles. The van der Waals surface area contributed by atoms with E-state index in [2.05, 4.69) is 0 Å². The smallest absolute Gasteiger partial charge is 0.0836 e. The van der Waals surface area contributed by atoms with Gasteiger partial charge in [0.05, 0.1) is 6.33 Å². The van der Waals surface area contributed by atoms with Gasteiger partial charge in [0.1, 0.15) is 0 Å². The first-order valence-corrected chi connectivity index (χ1v) is 4.69. The summed E-state index contributed by atoms with van der Waals surface area (Å²) in [7, 11) is 0. The summed E-state index contributed by atoms with van der Waals surface area (Å²) in [6.07, 6.45) is 4.35. The van der Waals surface area contributed by atoms with Crippen molar-refractivity contribution in [2.75, 3.05) is 0 Å². The van der Waals surface area contributed by atoms with Crippen molar-refractivity contribution in [1.29, 1.82) is 0 Å². The van der Waals surface area contributed by atoms with Gasteiger partial charge in [-0.25, -0.2) is 4.39 Å². The third-order valence-corrected chi connectivity index (χ3v) is 2.84. The summed E-state index contributed by atoms with van der Waals surface area (Å²) in [5.41, 5.74) is 1.13. The van der Waals surface area contributed by atoms with E-state index in [1.807, 2.05) is 24.3 Å². The quantitative estimate of drug-likeness (QED) is 0.674. The number of halogens is 2. The van der Waals surface area contributed by atoms with E-state index in [-0.39, 0.29) is 5.41 Å². The number of hydrogen-bond acceptors (Lipinski definition) is 0. The Morgan fingerprint density at radius 3 is 2.31 bits per heavy atom. The molecule has 0 unspecified atom stereocenters. The molecule has 0 aliphatic heterocycles. The van der Waals surface area contributed by atoms with Crippen molar-refractivity contribution in [3.63, 3.8) is 0 Å². The molecule has 0 saturated heterocycles. The van der Waals surface area contributed by atoms with Crippen LogP contribution in [0, 0.1) is 0 Å². The standard InChI is InChI=1S/C11H10ClF/c12-10-3-1-9(2-4-10)11(5-6-11)7-8-13/h1-4,7-8H,5-6H2/b8-7-. The van der Waals surface area contributed by atoms with Crippen LogP contribution in [0.1, 0.15) is 18.4 Å². The first-order valence-electron chi connectivity index (χ1n) is 4.31. The maximum absolute atomic E-state index is 12.1. The van der Waals surface area contributed by atoms with Gasteiger partial charge in [-0.15, -0.1) is 0 Å². The highest BCUT2D eigenvalue weighted by molar-refractivity contribution is 6.30. The highest BCUT2D eigenvalue weighted by atomic mass is 35.5. The van der Waals surface area contributed by atoms with Gasteiger partial charge in [0.25, 0.3) is 0 Å². The van der Waals surface area contributed by atoms with Crippen LogP contribution in [-0.4, -0.2) is 0 Å². The van der Waals surface area contributed by atoms with Gasteiger partial charge in [-0.2, -0.15) is 0 Å². The summed E-state index contributed by atoms with van der Waals surface area (Å²) in [5.74, 6) is 0. The van der Waals surface area contributed by atoms with Crippen LogP contribution in [0.5, 0.6) is 0 Å². The molecule has 0 heterocycles. The lowest BCUT2D eigenvalue weighted by atomic mass is 9.96. The second kappa shape index (κ2) is 3.15. The maximum atomic E-state index is 12.1. The van der Waals surface area contributed by atoms with Crippen LogP contribution in [0.4, 0.5) is 4.39 Å². The minimum atomic E-state index is -0.0284. The molecule has 13 heavy (non-hydrogen) atoms. The average molecular weight is 197 g/mol. The van der Waals surface area contributed by atoms with E-state index >= 15 is 0 Å². The zero-order chi connectivity index (χ0) is 9.31. The van der Waals surface area contributed by atoms with Crippen LogP contribution in [-0.2, 0) is 5.41 Å². The fraction of sp³-hybridized carbons (Fsp3) is 0.273. The Balaban J connectivity index is 2.30. The normalized spacial score (nSPS) is 19.2. The molecule has 0 bridgehead atoms. The molecule has 1 aromatic rings. The Kier molecular flexibility index (Phi) is 2.12. The van der Waals surface area contributed by atoms with Gasteiger partial charge in [-0.1, -0.05) is 23.7 Å². The van der Waals surface area contributed by atoms with E-state index < -0.39 is 0 Å². The van der Waals surface area contributed by atoms with Gasteiger partial charge >= 0.3 is 0 Å². The van der Waals surface area contributed by atoms with Crippen molar-refractivity contribution >= 4 is 11.6 Å². The van der Waals surface area contributed by atoms with Gasteiger partial charge in [0.15, 0.2) is 0 Å². The zero-order valence-electron chi connectivity index (χ0n) is 7.13. The molecule has 1 fully saturated rings. The summed E-state index contributed by atoms with van der Waals surface area (Å²) < 4.78 is 12.1. The minimum Gasteiger partial charge on any atom is -0.216 e. The molecule has 1 aliphatic carbocycles. The molecular weight excluding hydrogens is 187 g/mol. The number of benzene rings is 1. The van der Waals surface area contributed by atoms with Gasteiger partial charge < -0.3 is 0 Å². The molecule has 0 spiro atoms. The summed E-state index contributed by atoms with van der Waals surface area (Å²) in [5, 5.41) is 0.726. The number of hydrogen-bond donors (Lipinski definition) is 0. The van der Waals surface area contributed by atoms with Crippen molar-refractivity contribution in [2.45, 2.75) is 18.3 Å². The van der Waals surface area contributed by atoms with E-state index in [0.29, 0.717) is 6.33 Å². The summed E-state index contributed by atoms with van der Waals surface area (Å²) >= 11 is 5.77. The fourth-order valence-electron chi connectivity index (χ4n) is 1.59. The monoisotopic (exact) mass is 196 g/mol. The summed E-state index contributed by atoms with van der Waals surface area (Å²) in [4.78, 5) is 0. The average Bonchev–Trinajstić information content (AvgIpc) is 2.87. The molecule has 0 nitrogen and oxygen atoms in total. The Labute approximate surface area is 82.0 Å². The second-order valence-electron chi connectivity index (χ2n) is 3.46. The van der Waals surface area contributed by atoms with Crippen molar-refractivity contribution < 1.29 is 4.39 Å². The predicted molar refractivity (Wildman–Crippen MR) is 52.6 cm³/mol. The largest absolute Gasteiger partial charge is 0.216 e. The van der Waals surface area contributed by atoms with Crippen molar-refractivity contribution in [3.8, 4) is 0 Å².